The van der Waals surface area contributed by atoms with E-state index in [1.165, 1.54) is 17.1 Å². The van der Waals surface area contributed by atoms with Crippen LogP contribution in [0.1, 0.15) is 0 Å². The van der Waals surface area contributed by atoms with Gasteiger partial charge in [-0.25, -0.2) is 13.5 Å². The van der Waals surface area contributed by atoms with Gasteiger partial charge < -0.3 is 0 Å². The zero-order chi connectivity index (χ0) is 9.26. The summed E-state index contributed by atoms with van der Waals surface area (Å²) in [5.41, 5.74) is 0.0845. The lowest BCUT2D eigenvalue weighted by atomic mass is 10.3. The van der Waals surface area contributed by atoms with Gasteiger partial charge in [-0.05, 0) is 12.1 Å². The number of nitrogens with zero attached hydrogens (tertiary/aromatic N) is 2. The molecule has 2 nitrogen and oxygen atoms in total. The molecule has 0 fully saturated rings. The maximum Gasteiger partial charge on any atom is 0.149 e. The first-order valence-corrected chi connectivity index (χ1v) is 3.63. The fourth-order valence-electron chi connectivity index (χ4n) is 1.03. The standard InChI is InChI=1S/C9H5F2N2/c10-7-2-3-8(11)9(6-7)13-5-1-4-12-13/h2-6H. The highest BCUT2D eigenvalue weighted by atomic mass is 19.1. The zero-order valence-corrected chi connectivity index (χ0v) is 6.54. The van der Waals surface area contributed by atoms with Crippen LogP contribution in [-0.2, 0) is 0 Å². The summed E-state index contributed by atoms with van der Waals surface area (Å²) in [4.78, 5) is 0. The molecule has 13 heavy (non-hydrogen) atoms. The van der Waals surface area contributed by atoms with Gasteiger partial charge >= 0.3 is 0 Å². The van der Waals surface area contributed by atoms with Gasteiger partial charge in [0.1, 0.15) is 17.3 Å². The lowest BCUT2D eigenvalue weighted by molar-refractivity contribution is 0.587. The molecule has 0 saturated carbocycles. The molecule has 0 saturated heterocycles. The Morgan fingerprint density at radius 3 is 2.85 bits per heavy atom. The number of benzene rings is 1. The predicted molar refractivity (Wildman–Crippen MR) is 42.3 cm³/mol. The van der Waals surface area contributed by atoms with E-state index in [0.717, 1.165) is 18.2 Å². The van der Waals surface area contributed by atoms with Crippen LogP contribution in [0.25, 0.3) is 5.69 Å². The molecule has 1 heterocycles. The molecule has 2 rings (SSSR count). The van der Waals surface area contributed by atoms with Crippen LogP contribution in [-0.4, -0.2) is 9.78 Å². The molecule has 0 spiro atoms. The van der Waals surface area contributed by atoms with Gasteiger partial charge in [0.15, 0.2) is 0 Å². The van der Waals surface area contributed by atoms with Gasteiger partial charge in [-0.2, -0.15) is 5.10 Å². The molecule has 0 aliphatic heterocycles. The average Bonchev–Trinajstić information content (AvgIpc) is 2.61. The Labute approximate surface area is 73.4 Å². The van der Waals surface area contributed by atoms with Crippen molar-refractivity contribution in [2.24, 2.45) is 0 Å². The lowest BCUT2D eigenvalue weighted by Crippen LogP contribution is -1.98. The van der Waals surface area contributed by atoms with E-state index in [0.29, 0.717) is 0 Å². The van der Waals surface area contributed by atoms with Crippen molar-refractivity contribution in [3.8, 4) is 5.69 Å². The SMILES string of the molecule is Fc1ccc(F)c(-n2c[c]cn2)c1. The van der Waals surface area contributed by atoms with Gasteiger partial charge in [0.25, 0.3) is 0 Å². The molecule has 1 aromatic heterocycles. The Morgan fingerprint density at radius 2 is 2.15 bits per heavy atom. The number of aromatic nitrogens is 2. The van der Waals surface area contributed by atoms with Gasteiger partial charge in [0.2, 0.25) is 0 Å². The van der Waals surface area contributed by atoms with Crippen molar-refractivity contribution >= 4 is 0 Å². The summed E-state index contributed by atoms with van der Waals surface area (Å²) in [6.07, 6.45) is 2.81. The van der Waals surface area contributed by atoms with E-state index in [9.17, 15) is 8.78 Å². The van der Waals surface area contributed by atoms with Crippen molar-refractivity contribution in [3.63, 3.8) is 0 Å². The molecular weight excluding hydrogens is 174 g/mol. The summed E-state index contributed by atoms with van der Waals surface area (Å²) in [6, 6.07) is 5.84. The first-order valence-electron chi connectivity index (χ1n) is 3.63. The Bertz CT molecular complexity index is 410. The second-order valence-electron chi connectivity index (χ2n) is 2.48. The van der Waals surface area contributed by atoms with Crippen molar-refractivity contribution in [1.82, 2.24) is 9.78 Å². The van der Waals surface area contributed by atoms with Crippen LogP contribution in [0.3, 0.4) is 0 Å². The molecule has 0 bridgehead atoms. The van der Waals surface area contributed by atoms with E-state index in [-0.39, 0.29) is 5.69 Å². The summed E-state index contributed by atoms with van der Waals surface area (Å²) in [7, 11) is 0. The highest BCUT2D eigenvalue weighted by Gasteiger charge is 2.05. The largest absolute Gasteiger partial charge is 0.237 e. The minimum absolute atomic E-state index is 0.0845. The van der Waals surface area contributed by atoms with Crippen LogP contribution in [0, 0.1) is 17.7 Å². The van der Waals surface area contributed by atoms with Crippen LogP contribution in [0.15, 0.2) is 30.6 Å². The minimum atomic E-state index is -0.515. The fraction of sp³-hybridized carbons (Fsp3) is 0. The Balaban J connectivity index is 2.57. The van der Waals surface area contributed by atoms with Gasteiger partial charge in [-0.1, -0.05) is 0 Å². The van der Waals surface area contributed by atoms with Crippen LogP contribution in [0.5, 0.6) is 0 Å². The predicted octanol–water partition coefficient (Wildman–Crippen LogP) is 1.95. The Morgan fingerprint density at radius 1 is 1.31 bits per heavy atom. The number of hydrogen-bond donors (Lipinski definition) is 0. The molecule has 0 atom stereocenters. The van der Waals surface area contributed by atoms with Crippen molar-refractivity contribution in [2.75, 3.05) is 0 Å². The summed E-state index contributed by atoms with van der Waals surface area (Å²) >= 11 is 0. The second-order valence-corrected chi connectivity index (χ2v) is 2.48. The van der Waals surface area contributed by atoms with Gasteiger partial charge in [0, 0.05) is 18.3 Å². The first-order chi connectivity index (χ1) is 6.27. The molecule has 0 amide bonds. The monoisotopic (exact) mass is 179 g/mol. The van der Waals surface area contributed by atoms with E-state index in [1.807, 2.05) is 0 Å². The van der Waals surface area contributed by atoms with E-state index < -0.39 is 11.6 Å². The van der Waals surface area contributed by atoms with Crippen LogP contribution in [0.4, 0.5) is 8.78 Å². The summed E-state index contributed by atoms with van der Waals surface area (Å²) in [5.74, 6) is -1.01. The molecule has 1 aromatic carbocycles. The third-order valence-corrected chi connectivity index (χ3v) is 1.61. The van der Waals surface area contributed by atoms with Crippen molar-refractivity contribution in [2.45, 2.75) is 0 Å². The summed E-state index contributed by atoms with van der Waals surface area (Å²) < 4.78 is 27.0. The zero-order valence-electron chi connectivity index (χ0n) is 6.54. The molecule has 0 unspecified atom stereocenters. The highest BCUT2D eigenvalue weighted by Crippen LogP contribution is 2.13. The lowest BCUT2D eigenvalue weighted by Gasteiger charge is -2.01. The van der Waals surface area contributed by atoms with Crippen molar-refractivity contribution in [1.29, 1.82) is 0 Å². The van der Waals surface area contributed by atoms with Crippen molar-refractivity contribution < 1.29 is 8.78 Å². The van der Waals surface area contributed by atoms with E-state index in [4.69, 9.17) is 0 Å². The molecule has 2 aromatic rings. The maximum atomic E-state index is 13.1. The molecule has 1 radical (unpaired) electrons. The number of halogens is 2. The highest BCUT2D eigenvalue weighted by molar-refractivity contribution is 5.32. The average molecular weight is 179 g/mol. The first kappa shape index (κ1) is 7.91. The minimum Gasteiger partial charge on any atom is -0.237 e. The maximum absolute atomic E-state index is 13.1. The van der Waals surface area contributed by atoms with Gasteiger partial charge in [-0.15, -0.1) is 0 Å². The summed E-state index contributed by atoms with van der Waals surface area (Å²) in [6.45, 7) is 0. The van der Waals surface area contributed by atoms with Crippen LogP contribution >= 0.6 is 0 Å². The molecule has 0 aliphatic rings. The quantitative estimate of drug-likeness (QED) is 0.654. The smallest absolute Gasteiger partial charge is 0.149 e. The van der Waals surface area contributed by atoms with E-state index >= 15 is 0 Å². The Kier molecular flexibility index (Phi) is 1.81. The molecule has 4 heteroatoms. The van der Waals surface area contributed by atoms with Gasteiger partial charge in [-0.3, -0.25) is 0 Å². The van der Waals surface area contributed by atoms with Crippen LogP contribution < -0.4 is 0 Å². The Hall–Kier alpha value is -1.71. The second kappa shape index (κ2) is 2.97. The third-order valence-electron chi connectivity index (χ3n) is 1.61. The number of hydrogen-bond acceptors (Lipinski definition) is 1. The number of rotatable bonds is 1. The fourth-order valence-corrected chi connectivity index (χ4v) is 1.03. The normalized spacial score (nSPS) is 10.3. The molecular formula is C9H5F2N2. The summed E-state index contributed by atoms with van der Waals surface area (Å²) in [5, 5.41) is 3.74. The third kappa shape index (κ3) is 1.42. The van der Waals surface area contributed by atoms with Crippen molar-refractivity contribution in [3.05, 3.63) is 48.3 Å². The van der Waals surface area contributed by atoms with E-state index in [2.05, 4.69) is 11.2 Å². The molecule has 0 aliphatic carbocycles. The van der Waals surface area contributed by atoms with E-state index in [1.54, 1.807) is 0 Å². The van der Waals surface area contributed by atoms with Crippen LogP contribution in [0.2, 0.25) is 0 Å². The molecule has 0 N–H and O–H groups in total. The topological polar surface area (TPSA) is 17.8 Å². The van der Waals surface area contributed by atoms with Gasteiger partial charge in [0.05, 0.1) is 6.20 Å². The molecule has 65 valence electrons.